The normalized spacial score (nSPS) is 14.4. The van der Waals surface area contributed by atoms with E-state index in [9.17, 15) is 9.59 Å². The van der Waals surface area contributed by atoms with Crippen LogP contribution in [0, 0.1) is 0 Å². The summed E-state index contributed by atoms with van der Waals surface area (Å²) in [6, 6.07) is 7.45. The van der Waals surface area contributed by atoms with E-state index in [1.807, 2.05) is 24.3 Å². The van der Waals surface area contributed by atoms with Gasteiger partial charge in [-0.05, 0) is 24.3 Å². The summed E-state index contributed by atoms with van der Waals surface area (Å²) in [5.41, 5.74) is 2.53. The van der Waals surface area contributed by atoms with Crippen molar-refractivity contribution in [2.24, 2.45) is 5.10 Å². The molecule has 1 heterocycles. The number of nitrogens with one attached hydrogen (secondary N) is 1. The van der Waals surface area contributed by atoms with E-state index >= 15 is 0 Å². The summed E-state index contributed by atoms with van der Waals surface area (Å²) in [5, 5.41) is 4.37. The van der Waals surface area contributed by atoms with Gasteiger partial charge in [0.2, 0.25) is 5.91 Å². The van der Waals surface area contributed by atoms with Crippen LogP contribution >= 0.6 is 23.4 Å². The highest BCUT2D eigenvalue weighted by Gasteiger charge is 2.19. The lowest BCUT2D eigenvalue weighted by Gasteiger charge is -2.11. The molecule has 20 heavy (non-hydrogen) atoms. The Morgan fingerprint density at radius 3 is 2.75 bits per heavy atom. The first-order valence-electron chi connectivity index (χ1n) is 6.06. The number of ether oxygens (including phenoxy) is 1. The van der Waals surface area contributed by atoms with Crippen molar-refractivity contribution >= 4 is 41.0 Å². The number of benzene rings is 1. The SMILES string of the molecule is O=C1CCC(C(=O)OCCSc2ccc(Cl)cc2)=NN1. The Balaban J connectivity index is 1.69. The van der Waals surface area contributed by atoms with E-state index in [0.717, 1.165) is 4.90 Å². The van der Waals surface area contributed by atoms with Crippen LogP contribution in [0.25, 0.3) is 0 Å². The van der Waals surface area contributed by atoms with Gasteiger partial charge in [-0.2, -0.15) is 5.10 Å². The van der Waals surface area contributed by atoms with Crippen LogP contribution in [0.1, 0.15) is 12.8 Å². The Labute approximate surface area is 125 Å². The molecule has 7 heteroatoms. The number of hydrogen-bond donors (Lipinski definition) is 1. The van der Waals surface area contributed by atoms with Crippen LogP contribution in [-0.2, 0) is 14.3 Å². The standard InChI is InChI=1S/C13H13ClN2O3S/c14-9-1-3-10(4-2-9)20-8-7-19-13(18)11-5-6-12(17)16-15-11/h1-4H,5-8H2,(H,16,17). The molecule has 1 aromatic rings. The Kier molecular flexibility index (Phi) is 5.43. The summed E-state index contributed by atoms with van der Waals surface area (Å²) >= 11 is 7.36. The van der Waals surface area contributed by atoms with Gasteiger partial charge < -0.3 is 4.74 Å². The summed E-state index contributed by atoms with van der Waals surface area (Å²) in [7, 11) is 0. The van der Waals surface area contributed by atoms with Crippen LogP contribution < -0.4 is 5.43 Å². The van der Waals surface area contributed by atoms with Crippen LogP contribution in [0.15, 0.2) is 34.3 Å². The number of hydrazone groups is 1. The summed E-state index contributed by atoms with van der Waals surface area (Å²) < 4.78 is 5.09. The van der Waals surface area contributed by atoms with Crippen molar-refractivity contribution in [3.63, 3.8) is 0 Å². The minimum absolute atomic E-state index is 0.181. The van der Waals surface area contributed by atoms with Crippen molar-refractivity contribution < 1.29 is 14.3 Å². The highest BCUT2D eigenvalue weighted by Crippen LogP contribution is 2.20. The molecule has 0 radical (unpaired) electrons. The smallest absolute Gasteiger partial charge is 0.354 e. The van der Waals surface area contributed by atoms with Crippen LogP contribution in [0.4, 0.5) is 0 Å². The lowest BCUT2D eigenvalue weighted by Crippen LogP contribution is -2.30. The molecule has 1 aromatic carbocycles. The van der Waals surface area contributed by atoms with Crippen molar-refractivity contribution in [1.82, 2.24) is 5.43 Å². The fourth-order valence-electron chi connectivity index (χ4n) is 1.53. The van der Waals surface area contributed by atoms with Crippen molar-refractivity contribution in [2.75, 3.05) is 12.4 Å². The molecule has 0 aliphatic carbocycles. The summed E-state index contributed by atoms with van der Waals surface area (Å²) in [5.74, 6) is -0.00550. The average Bonchev–Trinajstić information content (AvgIpc) is 2.46. The maximum absolute atomic E-state index is 11.6. The highest BCUT2D eigenvalue weighted by molar-refractivity contribution is 7.99. The first-order valence-corrected chi connectivity index (χ1v) is 7.42. The third-order valence-electron chi connectivity index (χ3n) is 2.54. The van der Waals surface area contributed by atoms with Gasteiger partial charge in [0, 0.05) is 28.5 Å². The molecular formula is C13H13ClN2O3S. The molecule has 0 atom stereocenters. The highest BCUT2D eigenvalue weighted by atomic mass is 35.5. The largest absolute Gasteiger partial charge is 0.460 e. The van der Waals surface area contributed by atoms with Gasteiger partial charge >= 0.3 is 5.97 Å². The zero-order valence-electron chi connectivity index (χ0n) is 10.6. The fourth-order valence-corrected chi connectivity index (χ4v) is 2.39. The second-order valence-corrected chi connectivity index (χ2v) is 5.64. The predicted octanol–water partition coefficient (Wildman–Crippen LogP) is 2.24. The molecule has 1 amide bonds. The number of thioether (sulfide) groups is 1. The van der Waals surface area contributed by atoms with Gasteiger partial charge in [0.15, 0.2) is 0 Å². The number of amides is 1. The van der Waals surface area contributed by atoms with Crippen LogP contribution in [0.3, 0.4) is 0 Å². The zero-order chi connectivity index (χ0) is 14.4. The maximum atomic E-state index is 11.6. The van der Waals surface area contributed by atoms with Gasteiger partial charge in [-0.15, -0.1) is 11.8 Å². The lowest BCUT2D eigenvalue weighted by atomic mass is 10.2. The summed E-state index contributed by atoms with van der Waals surface area (Å²) in [4.78, 5) is 23.6. The molecule has 106 valence electrons. The molecular weight excluding hydrogens is 300 g/mol. The molecule has 1 N–H and O–H groups in total. The van der Waals surface area contributed by atoms with E-state index in [1.165, 1.54) is 0 Å². The van der Waals surface area contributed by atoms with E-state index in [-0.39, 0.29) is 18.0 Å². The second-order valence-electron chi connectivity index (χ2n) is 4.03. The number of esters is 1. The Bertz CT molecular complexity index is 531. The molecule has 0 saturated heterocycles. The number of hydrogen-bond acceptors (Lipinski definition) is 5. The monoisotopic (exact) mass is 312 g/mol. The maximum Gasteiger partial charge on any atom is 0.354 e. The molecule has 5 nitrogen and oxygen atoms in total. The average molecular weight is 313 g/mol. The summed E-state index contributed by atoms with van der Waals surface area (Å²) in [6.07, 6.45) is 0.600. The van der Waals surface area contributed by atoms with Gasteiger partial charge in [-0.1, -0.05) is 11.6 Å². The molecule has 1 aliphatic rings. The minimum Gasteiger partial charge on any atom is -0.460 e. The van der Waals surface area contributed by atoms with Gasteiger partial charge in [0.1, 0.15) is 12.3 Å². The molecule has 2 rings (SSSR count). The molecule has 0 saturated carbocycles. The van der Waals surface area contributed by atoms with Gasteiger partial charge in [0.05, 0.1) is 0 Å². The van der Waals surface area contributed by atoms with Gasteiger partial charge in [-0.25, -0.2) is 10.2 Å². The molecule has 0 unspecified atom stereocenters. The number of carbonyl (C=O) groups excluding carboxylic acids is 2. The molecule has 0 bridgehead atoms. The lowest BCUT2D eigenvalue weighted by molar-refractivity contribution is -0.135. The van der Waals surface area contributed by atoms with E-state index in [4.69, 9.17) is 16.3 Å². The quantitative estimate of drug-likeness (QED) is 0.514. The van der Waals surface area contributed by atoms with Crippen molar-refractivity contribution in [3.05, 3.63) is 29.3 Å². The molecule has 1 aliphatic heterocycles. The van der Waals surface area contributed by atoms with Crippen molar-refractivity contribution in [3.8, 4) is 0 Å². The van der Waals surface area contributed by atoms with Gasteiger partial charge in [0.25, 0.3) is 0 Å². The topological polar surface area (TPSA) is 67.8 Å². The van der Waals surface area contributed by atoms with E-state index < -0.39 is 5.97 Å². The minimum atomic E-state index is -0.471. The van der Waals surface area contributed by atoms with Crippen LogP contribution in [-0.4, -0.2) is 29.9 Å². The Morgan fingerprint density at radius 2 is 2.10 bits per heavy atom. The Hall–Kier alpha value is -1.53. The zero-order valence-corrected chi connectivity index (χ0v) is 12.2. The van der Waals surface area contributed by atoms with Crippen molar-refractivity contribution in [2.45, 2.75) is 17.7 Å². The number of rotatable bonds is 5. The first-order chi connectivity index (χ1) is 9.65. The molecule has 0 fully saturated rings. The number of nitrogens with zero attached hydrogens (tertiary/aromatic N) is 1. The first kappa shape index (κ1) is 14.9. The third-order valence-corrected chi connectivity index (χ3v) is 3.77. The van der Waals surface area contributed by atoms with E-state index in [0.29, 0.717) is 23.8 Å². The third kappa shape index (κ3) is 4.54. The summed E-state index contributed by atoms with van der Waals surface area (Å²) in [6.45, 7) is 0.291. The van der Waals surface area contributed by atoms with E-state index in [1.54, 1.807) is 11.8 Å². The number of halogens is 1. The van der Waals surface area contributed by atoms with Crippen LogP contribution in [0.2, 0.25) is 5.02 Å². The van der Waals surface area contributed by atoms with Crippen LogP contribution in [0.5, 0.6) is 0 Å². The number of carbonyl (C=O) groups is 2. The van der Waals surface area contributed by atoms with E-state index in [2.05, 4.69) is 10.5 Å². The Morgan fingerprint density at radius 1 is 1.35 bits per heavy atom. The predicted molar refractivity (Wildman–Crippen MR) is 77.9 cm³/mol. The molecule has 0 spiro atoms. The molecule has 0 aromatic heterocycles. The second kappa shape index (κ2) is 7.31. The van der Waals surface area contributed by atoms with Crippen molar-refractivity contribution in [1.29, 1.82) is 0 Å². The fraction of sp³-hybridized carbons (Fsp3) is 0.308. The van der Waals surface area contributed by atoms with Gasteiger partial charge in [-0.3, -0.25) is 4.79 Å².